The Morgan fingerprint density at radius 3 is 1.04 bits per heavy atom. The van der Waals surface area contributed by atoms with E-state index in [4.69, 9.17) is 10.2 Å². The summed E-state index contributed by atoms with van der Waals surface area (Å²) in [6.45, 7) is 4.09. The lowest BCUT2D eigenvalue weighted by Crippen LogP contribution is -2.13. The molecule has 0 aromatic carbocycles. The van der Waals surface area contributed by atoms with Gasteiger partial charge in [0.05, 0.1) is 11.8 Å². The Labute approximate surface area is 160 Å². The zero-order valence-electron chi connectivity index (χ0n) is 17.2. The number of hydrogen-bond acceptors (Lipinski definition) is 2. The SMILES string of the molecule is CCCC(CCCCCCCCCCCCC(CCC)C(=O)O)C(=O)O. The Hall–Kier alpha value is -1.06. The fourth-order valence-corrected chi connectivity index (χ4v) is 3.68. The highest BCUT2D eigenvalue weighted by atomic mass is 16.4. The number of carbonyl (C=O) groups is 2. The first-order valence-electron chi connectivity index (χ1n) is 11.0. The number of carboxylic acids is 2. The monoisotopic (exact) mass is 370 g/mol. The second-order valence-electron chi connectivity index (χ2n) is 7.76. The van der Waals surface area contributed by atoms with Gasteiger partial charge in [0, 0.05) is 0 Å². The molecule has 0 spiro atoms. The van der Waals surface area contributed by atoms with E-state index in [1.165, 1.54) is 38.5 Å². The summed E-state index contributed by atoms with van der Waals surface area (Å²) in [5.74, 6) is -1.54. The van der Waals surface area contributed by atoms with E-state index in [1.54, 1.807) is 0 Å². The van der Waals surface area contributed by atoms with Crippen LogP contribution in [0.15, 0.2) is 0 Å². The van der Waals surface area contributed by atoms with Crippen LogP contribution in [-0.2, 0) is 9.59 Å². The van der Waals surface area contributed by atoms with E-state index in [1.807, 2.05) is 13.8 Å². The van der Waals surface area contributed by atoms with Crippen LogP contribution in [0.2, 0.25) is 0 Å². The first kappa shape index (κ1) is 24.9. The Balaban J connectivity index is 3.41. The minimum absolute atomic E-state index is 0.141. The zero-order valence-corrected chi connectivity index (χ0v) is 17.2. The van der Waals surface area contributed by atoms with E-state index in [0.29, 0.717) is 0 Å². The zero-order chi connectivity index (χ0) is 19.6. The van der Waals surface area contributed by atoms with Crippen LogP contribution in [0.3, 0.4) is 0 Å². The molecule has 0 aromatic rings. The molecule has 0 aliphatic heterocycles. The normalized spacial score (nSPS) is 13.5. The van der Waals surface area contributed by atoms with Crippen molar-refractivity contribution in [3.8, 4) is 0 Å². The molecule has 0 aromatic heterocycles. The van der Waals surface area contributed by atoms with Crippen LogP contribution < -0.4 is 0 Å². The van der Waals surface area contributed by atoms with Crippen molar-refractivity contribution in [1.29, 1.82) is 0 Å². The summed E-state index contributed by atoms with van der Waals surface area (Å²) in [4.78, 5) is 22.2. The summed E-state index contributed by atoms with van der Waals surface area (Å²) in [6, 6.07) is 0. The minimum Gasteiger partial charge on any atom is -0.481 e. The third-order valence-corrected chi connectivity index (χ3v) is 5.33. The fourth-order valence-electron chi connectivity index (χ4n) is 3.68. The molecule has 2 N–H and O–H groups in total. The number of carboxylic acid groups (broad SMARTS) is 2. The van der Waals surface area contributed by atoms with Crippen LogP contribution >= 0.6 is 0 Å². The molecule has 2 atom stereocenters. The van der Waals surface area contributed by atoms with Gasteiger partial charge in [-0.25, -0.2) is 0 Å². The van der Waals surface area contributed by atoms with E-state index in [0.717, 1.165) is 64.2 Å². The topological polar surface area (TPSA) is 74.6 Å². The van der Waals surface area contributed by atoms with Crippen molar-refractivity contribution in [3.63, 3.8) is 0 Å². The van der Waals surface area contributed by atoms with Crippen molar-refractivity contribution in [2.24, 2.45) is 11.8 Å². The quantitative estimate of drug-likeness (QED) is 0.249. The molecule has 0 heterocycles. The molecular formula is C22H42O4. The molecular weight excluding hydrogens is 328 g/mol. The van der Waals surface area contributed by atoms with Crippen LogP contribution in [0.1, 0.15) is 117 Å². The van der Waals surface area contributed by atoms with Crippen molar-refractivity contribution in [2.75, 3.05) is 0 Å². The van der Waals surface area contributed by atoms with Crippen molar-refractivity contribution in [2.45, 2.75) is 117 Å². The van der Waals surface area contributed by atoms with Gasteiger partial charge in [0.1, 0.15) is 0 Å². The van der Waals surface area contributed by atoms with E-state index in [2.05, 4.69) is 0 Å². The summed E-state index contributed by atoms with van der Waals surface area (Å²) < 4.78 is 0. The molecule has 0 saturated carbocycles. The number of rotatable bonds is 19. The summed E-state index contributed by atoms with van der Waals surface area (Å²) >= 11 is 0. The van der Waals surface area contributed by atoms with Gasteiger partial charge < -0.3 is 10.2 Å². The predicted octanol–water partition coefficient (Wildman–Crippen LogP) is 6.67. The lowest BCUT2D eigenvalue weighted by molar-refractivity contribution is -0.143. The molecule has 0 radical (unpaired) electrons. The standard InChI is InChI=1S/C22H42O4/c1-3-15-19(21(23)24)17-13-11-9-7-5-6-8-10-12-14-18-20(16-4-2)22(25)26/h19-20H,3-18H2,1-2H3,(H,23,24)(H,25,26). The Kier molecular flexibility index (Phi) is 16.7. The summed E-state index contributed by atoms with van der Waals surface area (Å²) in [5.41, 5.74) is 0. The van der Waals surface area contributed by atoms with Gasteiger partial charge in [-0.05, 0) is 25.7 Å². The second-order valence-corrected chi connectivity index (χ2v) is 7.76. The van der Waals surface area contributed by atoms with Gasteiger partial charge in [0.15, 0.2) is 0 Å². The Morgan fingerprint density at radius 2 is 0.808 bits per heavy atom. The van der Waals surface area contributed by atoms with Crippen LogP contribution in [0.25, 0.3) is 0 Å². The van der Waals surface area contributed by atoms with Crippen molar-refractivity contribution >= 4 is 11.9 Å². The number of hydrogen-bond donors (Lipinski definition) is 2. The van der Waals surface area contributed by atoms with Crippen molar-refractivity contribution in [3.05, 3.63) is 0 Å². The summed E-state index contributed by atoms with van der Waals surface area (Å²) in [7, 11) is 0. The minimum atomic E-state index is -0.629. The van der Waals surface area contributed by atoms with Crippen molar-refractivity contribution < 1.29 is 19.8 Å². The molecule has 0 amide bonds. The third-order valence-electron chi connectivity index (χ3n) is 5.33. The molecule has 0 aliphatic carbocycles. The van der Waals surface area contributed by atoms with Gasteiger partial charge >= 0.3 is 11.9 Å². The molecule has 2 unspecified atom stereocenters. The van der Waals surface area contributed by atoms with E-state index >= 15 is 0 Å². The maximum atomic E-state index is 11.1. The molecule has 26 heavy (non-hydrogen) atoms. The maximum absolute atomic E-state index is 11.1. The van der Waals surface area contributed by atoms with Crippen LogP contribution in [0.5, 0.6) is 0 Å². The molecule has 4 heteroatoms. The second kappa shape index (κ2) is 17.4. The number of aliphatic carboxylic acids is 2. The van der Waals surface area contributed by atoms with E-state index in [9.17, 15) is 9.59 Å². The third kappa shape index (κ3) is 14.1. The number of unbranched alkanes of at least 4 members (excludes halogenated alkanes) is 9. The summed E-state index contributed by atoms with van der Waals surface area (Å²) in [6.07, 6.45) is 17.0. The molecule has 154 valence electrons. The van der Waals surface area contributed by atoms with Gasteiger partial charge in [-0.2, -0.15) is 0 Å². The maximum Gasteiger partial charge on any atom is 0.306 e. The molecule has 0 aliphatic rings. The molecule has 0 fully saturated rings. The van der Waals surface area contributed by atoms with Crippen LogP contribution in [0.4, 0.5) is 0 Å². The van der Waals surface area contributed by atoms with E-state index < -0.39 is 11.9 Å². The Morgan fingerprint density at radius 1 is 0.538 bits per heavy atom. The van der Waals surface area contributed by atoms with E-state index in [-0.39, 0.29) is 11.8 Å². The van der Waals surface area contributed by atoms with Crippen LogP contribution in [-0.4, -0.2) is 22.2 Å². The van der Waals surface area contributed by atoms with Gasteiger partial charge in [0.2, 0.25) is 0 Å². The highest BCUT2D eigenvalue weighted by Crippen LogP contribution is 2.19. The average molecular weight is 371 g/mol. The average Bonchev–Trinajstić information content (AvgIpc) is 2.60. The molecule has 0 rings (SSSR count). The van der Waals surface area contributed by atoms with Gasteiger partial charge in [-0.1, -0.05) is 90.9 Å². The van der Waals surface area contributed by atoms with Crippen LogP contribution in [0, 0.1) is 11.8 Å². The molecule has 0 bridgehead atoms. The highest BCUT2D eigenvalue weighted by molar-refractivity contribution is 5.70. The fraction of sp³-hybridized carbons (Fsp3) is 0.909. The predicted molar refractivity (Wildman–Crippen MR) is 107 cm³/mol. The first-order valence-corrected chi connectivity index (χ1v) is 11.0. The smallest absolute Gasteiger partial charge is 0.306 e. The first-order chi connectivity index (χ1) is 12.5. The lowest BCUT2D eigenvalue weighted by atomic mass is 9.95. The molecule has 4 nitrogen and oxygen atoms in total. The van der Waals surface area contributed by atoms with Crippen molar-refractivity contribution in [1.82, 2.24) is 0 Å². The molecule has 0 saturated heterocycles. The van der Waals surface area contributed by atoms with Gasteiger partial charge in [0.25, 0.3) is 0 Å². The Bertz CT molecular complexity index is 320. The largest absolute Gasteiger partial charge is 0.481 e. The van der Waals surface area contributed by atoms with Gasteiger partial charge in [-0.15, -0.1) is 0 Å². The highest BCUT2D eigenvalue weighted by Gasteiger charge is 2.16. The van der Waals surface area contributed by atoms with Gasteiger partial charge in [-0.3, -0.25) is 9.59 Å². The lowest BCUT2D eigenvalue weighted by Gasteiger charge is -2.11. The summed E-state index contributed by atoms with van der Waals surface area (Å²) in [5, 5.41) is 18.2.